The summed E-state index contributed by atoms with van der Waals surface area (Å²) in [6, 6.07) is 10.3. The van der Waals surface area contributed by atoms with Crippen LogP contribution in [0.25, 0.3) is 0 Å². The summed E-state index contributed by atoms with van der Waals surface area (Å²) in [6.07, 6.45) is 4.80. The highest BCUT2D eigenvalue weighted by molar-refractivity contribution is 5.90. The molecule has 1 saturated heterocycles. The van der Waals surface area contributed by atoms with Crippen molar-refractivity contribution >= 4 is 11.8 Å². The fourth-order valence-corrected chi connectivity index (χ4v) is 3.21. The number of aromatic nitrogens is 2. The Morgan fingerprint density at radius 1 is 1.27 bits per heavy atom. The molecule has 1 fully saturated rings. The summed E-state index contributed by atoms with van der Waals surface area (Å²) >= 11 is 0. The predicted molar refractivity (Wildman–Crippen MR) is 99.1 cm³/mol. The SMILES string of the molecule is CCOC(=O)c1ncnc(NC[C@@H]2CCC[C@H](c3ccccc3)O2)c1C. The largest absolute Gasteiger partial charge is 0.461 e. The predicted octanol–water partition coefficient (Wildman–Crippen LogP) is 3.68. The minimum atomic E-state index is -0.423. The summed E-state index contributed by atoms with van der Waals surface area (Å²) < 4.78 is 11.3. The topological polar surface area (TPSA) is 73.3 Å². The number of carbonyl (C=O) groups is 1. The van der Waals surface area contributed by atoms with E-state index < -0.39 is 5.97 Å². The van der Waals surface area contributed by atoms with Gasteiger partial charge in [0, 0.05) is 12.1 Å². The lowest BCUT2D eigenvalue weighted by molar-refractivity contribution is -0.0442. The van der Waals surface area contributed by atoms with Gasteiger partial charge in [0.2, 0.25) is 0 Å². The van der Waals surface area contributed by atoms with E-state index in [4.69, 9.17) is 9.47 Å². The molecule has 3 rings (SSSR count). The molecule has 1 aromatic carbocycles. The minimum absolute atomic E-state index is 0.106. The van der Waals surface area contributed by atoms with Crippen molar-refractivity contribution in [2.24, 2.45) is 0 Å². The number of ether oxygens (including phenoxy) is 2. The zero-order valence-corrected chi connectivity index (χ0v) is 15.3. The maximum absolute atomic E-state index is 12.0. The number of carbonyl (C=O) groups excluding carboxylic acids is 1. The van der Waals surface area contributed by atoms with Gasteiger partial charge in [-0.2, -0.15) is 0 Å². The molecular weight excluding hydrogens is 330 g/mol. The molecule has 0 spiro atoms. The molecule has 1 aromatic heterocycles. The van der Waals surface area contributed by atoms with Gasteiger partial charge >= 0.3 is 5.97 Å². The Hall–Kier alpha value is -2.47. The number of rotatable bonds is 6. The molecule has 0 amide bonds. The van der Waals surface area contributed by atoms with Crippen LogP contribution in [-0.2, 0) is 9.47 Å². The zero-order valence-electron chi connectivity index (χ0n) is 15.3. The molecule has 0 saturated carbocycles. The van der Waals surface area contributed by atoms with Crippen LogP contribution in [0.1, 0.15) is 53.9 Å². The lowest BCUT2D eigenvalue weighted by Gasteiger charge is -2.30. The first-order chi connectivity index (χ1) is 12.7. The van der Waals surface area contributed by atoms with Gasteiger partial charge in [-0.3, -0.25) is 0 Å². The van der Waals surface area contributed by atoms with Crippen LogP contribution in [0.2, 0.25) is 0 Å². The standard InChI is InChI=1S/C20H25N3O3/c1-3-25-20(24)18-14(2)19(23-13-22-18)21-12-16-10-7-11-17(26-16)15-8-5-4-6-9-15/h4-6,8-9,13,16-17H,3,7,10-12H2,1-2H3,(H,21,22,23)/t16-,17+/m0/s1. The molecule has 0 unspecified atom stereocenters. The van der Waals surface area contributed by atoms with Gasteiger partial charge in [0.1, 0.15) is 12.1 Å². The van der Waals surface area contributed by atoms with Crippen molar-refractivity contribution in [1.29, 1.82) is 0 Å². The number of nitrogens with zero attached hydrogens (tertiary/aromatic N) is 2. The van der Waals surface area contributed by atoms with E-state index in [1.54, 1.807) is 6.92 Å². The average Bonchev–Trinajstić information content (AvgIpc) is 2.68. The van der Waals surface area contributed by atoms with Crippen LogP contribution >= 0.6 is 0 Å². The van der Waals surface area contributed by atoms with Crippen LogP contribution in [0, 0.1) is 6.92 Å². The van der Waals surface area contributed by atoms with Crippen LogP contribution in [0.3, 0.4) is 0 Å². The van der Waals surface area contributed by atoms with Crippen LogP contribution in [0.4, 0.5) is 5.82 Å². The molecule has 1 aliphatic rings. The number of anilines is 1. The van der Waals surface area contributed by atoms with Gasteiger partial charge in [0.15, 0.2) is 5.69 Å². The van der Waals surface area contributed by atoms with Gasteiger partial charge in [-0.15, -0.1) is 0 Å². The number of nitrogens with one attached hydrogen (secondary N) is 1. The van der Waals surface area contributed by atoms with Gasteiger partial charge in [0.05, 0.1) is 18.8 Å². The van der Waals surface area contributed by atoms with Crippen LogP contribution < -0.4 is 5.32 Å². The fraction of sp³-hybridized carbons (Fsp3) is 0.450. The zero-order chi connectivity index (χ0) is 18.4. The van der Waals surface area contributed by atoms with E-state index in [1.807, 2.05) is 25.1 Å². The Kier molecular flexibility index (Phi) is 6.17. The van der Waals surface area contributed by atoms with Crippen molar-refractivity contribution in [2.75, 3.05) is 18.5 Å². The Balaban J connectivity index is 1.62. The normalized spacial score (nSPS) is 19.8. The number of esters is 1. The molecule has 2 aromatic rings. The number of hydrogen-bond donors (Lipinski definition) is 1. The summed E-state index contributed by atoms with van der Waals surface area (Å²) in [5, 5.41) is 3.31. The Morgan fingerprint density at radius 3 is 2.85 bits per heavy atom. The molecule has 0 bridgehead atoms. The summed E-state index contributed by atoms with van der Waals surface area (Å²) in [6.45, 7) is 4.56. The molecule has 0 aliphatic carbocycles. The van der Waals surface area contributed by atoms with Crippen LogP contribution in [0.15, 0.2) is 36.7 Å². The highest BCUT2D eigenvalue weighted by Gasteiger charge is 2.24. The van der Waals surface area contributed by atoms with Crippen LogP contribution in [-0.4, -0.2) is 35.2 Å². The van der Waals surface area contributed by atoms with E-state index in [0.29, 0.717) is 30.2 Å². The number of hydrogen-bond acceptors (Lipinski definition) is 6. The van der Waals surface area contributed by atoms with Crippen molar-refractivity contribution in [1.82, 2.24) is 9.97 Å². The van der Waals surface area contributed by atoms with Crippen molar-refractivity contribution in [2.45, 2.75) is 45.3 Å². The Labute approximate surface area is 154 Å². The summed E-state index contributed by atoms with van der Waals surface area (Å²) in [5.41, 5.74) is 2.22. The van der Waals surface area contributed by atoms with Gasteiger partial charge in [-0.05, 0) is 38.7 Å². The van der Waals surface area contributed by atoms with Gasteiger partial charge in [-0.1, -0.05) is 30.3 Å². The summed E-state index contributed by atoms with van der Waals surface area (Å²) in [4.78, 5) is 20.3. The molecule has 1 aliphatic heterocycles. The lowest BCUT2D eigenvalue weighted by atomic mass is 9.98. The van der Waals surface area contributed by atoms with Crippen LogP contribution in [0.5, 0.6) is 0 Å². The molecule has 6 heteroatoms. The summed E-state index contributed by atoms with van der Waals surface area (Å²) in [5.74, 6) is 0.224. The van der Waals surface area contributed by atoms with Gasteiger partial charge < -0.3 is 14.8 Å². The first kappa shape index (κ1) is 18.3. The summed E-state index contributed by atoms with van der Waals surface area (Å²) in [7, 11) is 0. The maximum atomic E-state index is 12.0. The monoisotopic (exact) mass is 355 g/mol. The second-order valence-corrected chi connectivity index (χ2v) is 6.39. The van der Waals surface area contributed by atoms with Crippen molar-refractivity contribution in [3.8, 4) is 0 Å². The second-order valence-electron chi connectivity index (χ2n) is 6.39. The molecule has 1 N–H and O–H groups in total. The maximum Gasteiger partial charge on any atom is 0.357 e. The van der Waals surface area contributed by atoms with Gasteiger partial charge in [-0.25, -0.2) is 14.8 Å². The minimum Gasteiger partial charge on any atom is -0.461 e. The van der Waals surface area contributed by atoms with E-state index in [9.17, 15) is 4.79 Å². The molecular formula is C20H25N3O3. The molecule has 138 valence electrons. The van der Waals surface area contributed by atoms with E-state index >= 15 is 0 Å². The Morgan fingerprint density at radius 2 is 2.08 bits per heavy atom. The first-order valence-electron chi connectivity index (χ1n) is 9.12. The third-order valence-electron chi connectivity index (χ3n) is 4.57. The fourth-order valence-electron chi connectivity index (χ4n) is 3.21. The third-order valence-corrected chi connectivity index (χ3v) is 4.57. The smallest absolute Gasteiger partial charge is 0.357 e. The average molecular weight is 355 g/mol. The van der Waals surface area contributed by atoms with Gasteiger partial charge in [0.25, 0.3) is 0 Å². The van der Waals surface area contributed by atoms with Crippen molar-refractivity contribution in [3.05, 3.63) is 53.5 Å². The van der Waals surface area contributed by atoms with E-state index in [0.717, 1.165) is 19.3 Å². The third kappa shape index (κ3) is 4.38. The Bertz CT molecular complexity index is 736. The number of benzene rings is 1. The highest BCUT2D eigenvalue weighted by atomic mass is 16.5. The lowest BCUT2D eigenvalue weighted by Crippen LogP contribution is -2.29. The molecule has 2 heterocycles. The molecule has 2 atom stereocenters. The highest BCUT2D eigenvalue weighted by Crippen LogP contribution is 2.31. The second kappa shape index (κ2) is 8.76. The first-order valence-corrected chi connectivity index (χ1v) is 9.12. The van der Waals surface area contributed by atoms with E-state index in [1.165, 1.54) is 11.9 Å². The van der Waals surface area contributed by atoms with E-state index in [-0.39, 0.29) is 12.2 Å². The molecule has 6 nitrogen and oxygen atoms in total. The molecule has 26 heavy (non-hydrogen) atoms. The van der Waals surface area contributed by atoms with Crippen molar-refractivity contribution < 1.29 is 14.3 Å². The van der Waals surface area contributed by atoms with Crippen molar-refractivity contribution in [3.63, 3.8) is 0 Å². The molecule has 0 radical (unpaired) electrons. The van der Waals surface area contributed by atoms with E-state index in [2.05, 4.69) is 27.4 Å². The quantitative estimate of drug-likeness (QED) is 0.797.